The highest BCUT2D eigenvalue weighted by molar-refractivity contribution is 7.99. The first kappa shape index (κ1) is 16.2. The zero-order valence-corrected chi connectivity index (χ0v) is 13.0. The number of nitrogens with zero attached hydrogens (tertiary/aromatic N) is 1. The molecule has 0 radical (unpaired) electrons. The van der Waals surface area contributed by atoms with Crippen LogP contribution in [0.25, 0.3) is 0 Å². The minimum atomic E-state index is -3.49. The molecule has 116 valence electrons. The lowest BCUT2D eigenvalue weighted by molar-refractivity contribution is -0.163. The van der Waals surface area contributed by atoms with Crippen molar-refractivity contribution in [3.8, 4) is 0 Å². The highest BCUT2D eigenvalue weighted by Crippen LogP contribution is 2.32. The number of halogens is 2. The maximum Gasteiger partial charge on any atom is 0.349 e. The van der Waals surface area contributed by atoms with Gasteiger partial charge in [0.15, 0.2) is 0 Å². The first-order valence-electron chi connectivity index (χ1n) is 6.93. The number of ether oxygens (including phenoxy) is 1. The van der Waals surface area contributed by atoms with Crippen molar-refractivity contribution in [2.75, 3.05) is 26.3 Å². The van der Waals surface area contributed by atoms with E-state index >= 15 is 0 Å². The Bertz CT molecular complexity index is 485. The van der Waals surface area contributed by atoms with E-state index in [0.717, 1.165) is 4.90 Å². The van der Waals surface area contributed by atoms with Crippen molar-refractivity contribution in [2.45, 2.75) is 29.9 Å². The molecule has 2 rings (SSSR count). The molecule has 0 N–H and O–H groups in total. The third-order valence-corrected chi connectivity index (χ3v) is 4.17. The Balaban J connectivity index is 2.12. The van der Waals surface area contributed by atoms with Crippen molar-refractivity contribution in [1.82, 2.24) is 4.90 Å². The number of hydrogen-bond acceptors (Lipinski definition) is 3. The predicted octanol–water partition coefficient (Wildman–Crippen LogP) is 3.14. The molecular formula is C15H19F2NO2S. The van der Waals surface area contributed by atoms with Crippen LogP contribution in [0.2, 0.25) is 0 Å². The molecule has 0 aromatic heterocycles. The summed E-state index contributed by atoms with van der Waals surface area (Å²) in [7, 11) is 0. The third-order valence-electron chi connectivity index (χ3n) is 3.16. The van der Waals surface area contributed by atoms with Gasteiger partial charge in [-0.3, -0.25) is 4.79 Å². The molecule has 1 aliphatic rings. The highest BCUT2D eigenvalue weighted by Gasteiger charge is 2.44. The normalized spacial score (nSPS) is 16.3. The summed E-state index contributed by atoms with van der Waals surface area (Å²) in [6, 6.07) is 5.95. The minimum absolute atomic E-state index is 0.218. The average Bonchev–Trinajstić information content (AvgIpc) is 2.47. The van der Waals surface area contributed by atoms with Gasteiger partial charge in [-0.25, -0.2) is 0 Å². The maximum atomic E-state index is 14.3. The summed E-state index contributed by atoms with van der Waals surface area (Å²) >= 11 is 1.60. The summed E-state index contributed by atoms with van der Waals surface area (Å²) in [5.74, 6) is -4.63. The molecule has 1 fully saturated rings. The SMILES string of the molecule is CC(C)Sc1ccc(C(F)(F)C(=O)N2CCOCC2)cc1. The molecule has 1 aromatic carbocycles. The maximum absolute atomic E-state index is 14.3. The van der Waals surface area contributed by atoms with E-state index < -0.39 is 11.8 Å². The van der Waals surface area contributed by atoms with Crippen molar-refractivity contribution < 1.29 is 18.3 Å². The summed E-state index contributed by atoms with van der Waals surface area (Å²) in [5, 5.41) is 0.381. The zero-order chi connectivity index (χ0) is 15.5. The quantitative estimate of drug-likeness (QED) is 0.800. The Morgan fingerprint density at radius 3 is 2.33 bits per heavy atom. The molecule has 3 nitrogen and oxygen atoms in total. The van der Waals surface area contributed by atoms with E-state index in [0.29, 0.717) is 18.5 Å². The third kappa shape index (κ3) is 3.95. The van der Waals surface area contributed by atoms with Gasteiger partial charge in [-0.1, -0.05) is 26.0 Å². The summed E-state index contributed by atoms with van der Waals surface area (Å²) in [5.41, 5.74) is -0.257. The first-order valence-corrected chi connectivity index (χ1v) is 7.81. The van der Waals surface area contributed by atoms with Crippen LogP contribution in [0, 0.1) is 0 Å². The average molecular weight is 315 g/mol. The van der Waals surface area contributed by atoms with Crippen molar-refractivity contribution in [2.24, 2.45) is 0 Å². The molecule has 0 unspecified atom stereocenters. The molecule has 0 spiro atoms. The van der Waals surface area contributed by atoms with E-state index in [9.17, 15) is 13.6 Å². The van der Waals surface area contributed by atoms with Crippen LogP contribution in [0.3, 0.4) is 0 Å². The van der Waals surface area contributed by atoms with E-state index in [4.69, 9.17) is 4.74 Å². The summed E-state index contributed by atoms with van der Waals surface area (Å²) in [4.78, 5) is 14.1. The number of thioether (sulfide) groups is 1. The number of alkyl halides is 2. The molecule has 6 heteroatoms. The zero-order valence-electron chi connectivity index (χ0n) is 12.1. The summed E-state index contributed by atoms with van der Waals surface area (Å²) in [6.07, 6.45) is 0. The Hall–Kier alpha value is -1.14. The molecule has 1 aromatic rings. The van der Waals surface area contributed by atoms with E-state index in [-0.39, 0.29) is 18.7 Å². The minimum Gasteiger partial charge on any atom is -0.378 e. The fraction of sp³-hybridized carbons (Fsp3) is 0.533. The van der Waals surface area contributed by atoms with Crippen LogP contribution in [0.15, 0.2) is 29.2 Å². The van der Waals surface area contributed by atoms with Crippen LogP contribution in [-0.2, 0) is 15.5 Å². The van der Waals surface area contributed by atoms with Crippen molar-refractivity contribution in [1.29, 1.82) is 0 Å². The molecule has 0 saturated carbocycles. The van der Waals surface area contributed by atoms with Gasteiger partial charge in [0.2, 0.25) is 0 Å². The molecule has 0 aliphatic carbocycles. The van der Waals surface area contributed by atoms with Gasteiger partial charge in [0.1, 0.15) is 0 Å². The van der Waals surface area contributed by atoms with Crippen LogP contribution >= 0.6 is 11.8 Å². The van der Waals surface area contributed by atoms with Crippen molar-refractivity contribution in [3.05, 3.63) is 29.8 Å². The highest BCUT2D eigenvalue weighted by atomic mass is 32.2. The monoisotopic (exact) mass is 315 g/mol. The van der Waals surface area contributed by atoms with Gasteiger partial charge in [0, 0.05) is 28.8 Å². The molecule has 1 aliphatic heterocycles. The first-order chi connectivity index (χ1) is 9.91. The van der Waals surface area contributed by atoms with Gasteiger partial charge >= 0.3 is 5.92 Å². The Morgan fingerprint density at radius 2 is 1.81 bits per heavy atom. The van der Waals surface area contributed by atoms with E-state index in [1.165, 1.54) is 17.0 Å². The smallest absolute Gasteiger partial charge is 0.349 e. The van der Waals surface area contributed by atoms with Crippen LogP contribution in [-0.4, -0.2) is 42.4 Å². The Labute approximate surface area is 127 Å². The second-order valence-electron chi connectivity index (χ2n) is 5.17. The van der Waals surface area contributed by atoms with E-state index in [1.54, 1.807) is 23.9 Å². The number of benzene rings is 1. The molecule has 0 bridgehead atoms. The molecule has 21 heavy (non-hydrogen) atoms. The van der Waals surface area contributed by atoms with Gasteiger partial charge in [0.25, 0.3) is 5.91 Å². The lowest BCUT2D eigenvalue weighted by Gasteiger charge is -2.30. The van der Waals surface area contributed by atoms with Crippen LogP contribution in [0.1, 0.15) is 19.4 Å². The lowest BCUT2D eigenvalue weighted by Crippen LogP contribution is -2.47. The second kappa shape index (κ2) is 6.75. The fourth-order valence-electron chi connectivity index (χ4n) is 2.10. The standard InChI is InChI=1S/C15H19F2NO2S/c1-11(2)21-13-5-3-12(4-6-13)15(16,17)14(19)18-7-9-20-10-8-18/h3-6,11H,7-10H2,1-2H3. The number of rotatable bonds is 4. The molecule has 0 atom stereocenters. The molecular weight excluding hydrogens is 296 g/mol. The summed E-state index contributed by atoms with van der Waals surface area (Å²) < 4.78 is 33.7. The predicted molar refractivity (Wildman–Crippen MR) is 78.7 cm³/mol. The fourth-order valence-corrected chi connectivity index (χ4v) is 2.94. The summed E-state index contributed by atoms with van der Waals surface area (Å²) in [6.45, 7) is 5.13. The van der Waals surface area contributed by atoms with E-state index in [1.807, 2.05) is 13.8 Å². The topological polar surface area (TPSA) is 29.5 Å². The number of carbonyl (C=O) groups is 1. The molecule has 1 saturated heterocycles. The number of carbonyl (C=O) groups excluding carboxylic acids is 1. The van der Waals surface area contributed by atoms with Crippen LogP contribution in [0.5, 0.6) is 0 Å². The van der Waals surface area contributed by atoms with Gasteiger partial charge < -0.3 is 9.64 Å². The van der Waals surface area contributed by atoms with Gasteiger partial charge in [0.05, 0.1) is 13.2 Å². The molecule has 1 amide bonds. The number of amides is 1. The Morgan fingerprint density at radius 1 is 1.24 bits per heavy atom. The largest absolute Gasteiger partial charge is 0.378 e. The second-order valence-corrected chi connectivity index (χ2v) is 6.82. The van der Waals surface area contributed by atoms with E-state index in [2.05, 4.69) is 0 Å². The number of hydrogen-bond donors (Lipinski definition) is 0. The Kier molecular flexibility index (Phi) is 5.22. The van der Waals surface area contributed by atoms with Gasteiger partial charge in [-0.2, -0.15) is 8.78 Å². The van der Waals surface area contributed by atoms with Crippen LogP contribution < -0.4 is 0 Å². The van der Waals surface area contributed by atoms with Crippen molar-refractivity contribution >= 4 is 17.7 Å². The van der Waals surface area contributed by atoms with Crippen molar-refractivity contribution in [3.63, 3.8) is 0 Å². The van der Waals surface area contributed by atoms with Gasteiger partial charge in [-0.15, -0.1) is 11.8 Å². The number of morpholine rings is 1. The van der Waals surface area contributed by atoms with Gasteiger partial charge in [-0.05, 0) is 12.1 Å². The molecule has 1 heterocycles. The lowest BCUT2D eigenvalue weighted by atomic mass is 10.1. The van der Waals surface area contributed by atoms with Crippen LogP contribution in [0.4, 0.5) is 8.78 Å².